The summed E-state index contributed by atoms with van der Waals surface area (Å²) in [6.45, 7) is 0.390. The molecule has 3 aromatic carbocycles. The van der Waals surface area contributed by atoms with Gasteiger partial charge in [0, 0.05) is 37.0 Å². The zero-order valence-electron chi connectivity index (χ0n) is 23.4. The van der Waals surface area contributed by atoms with Crippen molar-refractivity contribution < 1.29 is 18.0 Å². The Bertz CT molecular complexity index is 1380. The maximum atomic E-state index is 13.9. The lowest BCUT2D eigenvalue weighted by molar-refractivity contribution is -0.141. The van der Waals surface area contributed by atoms with E-state index in [9.17, 15) is 18.0 Å². The SMILES string of the molecule is CS(=O)(=O)N(CCCC(=O)N(Cc1ccc(Cl)cc1)[C@@H](Cc1ccccc1)C(=O)NC1CCCC1)c1ccccc1. The average molecular weight is 596 g/mol. The summed E-state index contributed by atoms with van der Waals surface area (Å²) in [5.74, 6) is -0.367. The summed E-state index contributed by atoms with van der Waals surface area (Å²) in [7, 11) is -3.54. The summed E-state index contributed by atoms with van der Waals surface area (Å²) in [6.07, 6.45) is 5.98. The number of para-hydroxylation sites is 1. The molecule has 7 nitrogen and oxygen atoms in total. The van der Waals surface area contributed by atoms with Crippen molar-refractivity contribution in [3.8, 4) is 0 Å². The molecule has 1 N–H and O–H groups in total. The van der Waals surface area contributed by atoms with Crippen LogP contribution in [-0.4, -0.2) is 50.0 Å². The van der Waals surface area contributed by atoms with Crippen molar-refractivity contribution >= 4 is 39.1 Å². The normalized spacial score (nSPS) is 14.4. The third-order valence-electron chi connectivity index (χ3n) is 7.44. The molecule has 1 fully saturated rings. The van der Waals surface area contributed by atoms with Crippen LogP contribution in [0.1, 0.15) is 49.7 Å². The number of hydrogen-bond acceptors (Lipinski definition) is 4. The van der Waals surface area contributed by atoms with Crippen molar-refractivity contribution in [3.05, 3.63) is 101 Å². The topological polar surface area (TPSA) is 86.8 Å². The van der Waals surface area contributed by atoms with Crippen molar-refractivity contribution in [3.63, 3.8) is 0 Å². The van der Waals surface area contributed by atoms with Crippen LogP contribution in [-0.2, 0) is 32.6 Å². The van der Waals surface area contributed by atoms with Crippen LogP contribution < -0.4 is 9.62 Å². The van der Waals surface area contributed by atoms with Crippen LogP contribution in [0, 0.1) is 0 Å². The van der Waals surface area contributed by atoms with Gasteiger partial charge >= 0.3 is 0 Å². The van der Waals surface area contributed by atoms with E-state index in [0.717, 1.165) is 43.1 Å². The van der Waals surface area contributed by atoms with E-state index in [2.05, 4.69) is 5.32 Å². The van der Waals surface area contributed by atoms with Gasteiger partial charge in [0.05, 0.1) is 11.9 Å². The van der Waals surface area contributed by atoms with Crippen molar-refractivity contribution in [1.29, 1.82) is 0 Å². The molecular weight excluding hydrogens is 558 g/mol. The van der Waals surface area contributed by atoms with Gasteiger partial charge in [-0.1, -0.05) is 85.1 Å². The summed E-state index contributed by atoms with van der Waals surface area (Å²) < 4.78 is 26.4. The summed E-state index contributed by atoms with van der Waals surface area (Å²) in [4.78, 5) is 29.3. The van der Waals surface area contributed by atoms with Crippen molar-refractivity contribution in [2.45, 2.75) is 63.6 Å². The third-order valence-corrected chi connectivity index (χ3v) is 8.88. The van der Waals surface area contributed by atoms with Crippen LogP contribution in [0.5, 0.6) is 0 Å². The molecule has 41 heavy (non-hydrogen) atoms. The van der Waals surface area contributed by atoms with Crippen molar-refractivity contribution in [2.24, 2.45) is 0 Å². The lowest BCUT2D eigenvalue weighted by Crippen LogP contribution is -2.52. The van der Waals surface area contributed by atoms with Gasteiger partial charge in [-0.25, -0.2) is 8.42 Å². The van der Waals surface area contributed by atoms with Gasteiger partial charge in [-0.05, 0) is 54.7 Å². The Morgan fingerprint density at radius 2 is 1.51 bits per heavy atom. The Labute approximate surface area is 248 Å². The fourth-order valence-electron chi connectivity index (χ4n) is 5.31. The standard InChI is InChI=1S/C32H38ClN3O4S/c1-41(39,40)36(29-15-6-3-7-16-29)22-10-17-31(37)35(24-26-18-20-27(33)21-19-26)30(23-25-11-4-2-5-12-25)32(38)34-28-13-8-9-14-28/h2-7,11-12,15-16,18-21,28,30H,8-10,13-14,17,22-24H2,1H3,(H,34,38)/t30-/m0/s1. The number of nitrogens with one attached hydrogen (secondary N) is 1. The first-order chi connectivity index (χ1) is 19.7. The number of amides is 2. The maximum Gasteiger partial charge on any atom is 0.243 e. The highest BCUT2D eigenvalue weighted by Crippen LogP contribution is 2.22. The number of carbonyl (C=O) groups excluding carboxylic acids is 2. The minimum Gasteiger partial charge on any atom is -0.352 e. The molecule has 0 aliphatic heterocycles. The van der Waals surface area contributed by atoms with Crippen LogP contribution in [0.2, 0.25) is 5.02 Å². The molecule has 218 valence electrons. The van der Waals surface area contributed by atoms with Gasteiger partial charge in [0.2, 0.25) is 21.8 Å². The number of rotatable bonds is 13. The molecule has 0 heterocycles. The predicted molar refractivity (Wildman–Crippen MR) is 164 cm³/mol. The van der Waals surface area contributed by atoms with Gasteiger partial charge in [-0.2, -0.15) is 0 Å². The number of anilines is 1. The first-order valence-electron chi connectivity index (χ1n) is 14.1. The van der Waals surface area contributed by atoms with E-state index in [4.69, 9.17) is 11.6 Å². The smallest absolute Gasteiger partial charge is 0.243 e. The Morgan fingerprint density at radius 3 is 2.12 bits per heavy atom. The van der Waals surface area contributed by atoms with E-state index in [0.29, 0.717) is 23.6 Å². The second-order valence-corrected chi connectivity index (χ2v) is 13.0. The number of benzene rings is 3. The predicted octanol–water partition coefficient (Wildman–Crippen LogP) is 5.59. The fourth-order valence-corrected chi connectivity index (χ4v) is 6.40. The molecule has 1 aliphatic carbocycles. The molecule has 0 radical (unpaired) electrons. The highest BCUT2D eigenvalue weighted by atomic mass is 35.5. The summed E-state index contributed by atoms with van der Waals surface area (Å²) in [6, 6.07) is 25.2. The Hall–Kier alpha value is -3.36. The van der Waals surface area contributed by atoms with Crippen molar-refractivity contribution in [2.75, 3.05) is 17.1 Å². The lowest BCUT2D eigenvalue weighted by Gasteiger charge is -2.33. The molecule has 3 aromatic rings. The molecule has 0 bridgehead atoms. The van der Waals surface area contributed by atoms with Crippen LogP contribution in [0.15, 0.2) is 84.9 Å². The van der Waals surface area contributed by atoms with Gasteiger partial charge in [0.1, 0.15) is 6.04 Å². The van der Waals surface area contributed by atoms with E-state index in [1.807, 2.05) is 48.5 Å². The summed E-state index contributed by atoms with van der Waals surface area (Å²) in [5.41, 5.74) is 2.37. The van der Waals surface area contributed by atoms with Crippen LogP contribution in [0.4, 0.5) is 5.69 Å². The van der Waals surface area contributed by atoms with Gasteiger partial charge in [0.15, 0.2) is 0 Å². The second kappa shape index (κ2) is 14.5. The zero-order chi connectivity index (χ0) is 29.2. The number of carbonyl (C=O) groups is 2. The summed E-state index contributed by atoms with van der Waals surface area (Å²) in [5, 5.41) is 3.79. The first kappa shape index (κ1) is 30.6. The van der Waals surface area contributed by atoms with Gasteiger partial charge < -0.3 is 10.2 Å². The fraction of sp³-hybridized carbons (Fsp3) is 0.375. The molecule has 9 heteroatoms. The molecule has 1 aliphatic rings. The van der Waals surface area contributed by atoms with E-state index >= 15 is 0 Å². The molecule has 0 aromatic heterocycles. The van der Waals surface area contributed by atoms with Crippen LogP contribution in [0.25, 0.3) is 0 Å². The number of sulfonamides is 1. The van der Waals surface area contributed by atoms with E-state index in [1.165, 1.54) is 4.31 Å². The molecule has 0 saturated heterocycles. The number of halogens is 1. The molecule has 0 spiro atoms. The number of nitrogens with zero attached hydrogens (tertiary/aromatic N) is 2. The van der Waals surface area contributed by atoms with Crippen LogP contribution in [0.3, 0.4) is 0 Å². The minimum absolute atomic E-state index is 0.0917. The lowest BCUT2D eigenvalue weighted by atomic mass is 10.0. The molecule has 0 unspecified atom stereocenters. The van der Waals surface area contributed by atoms with Gasteiger partial charge in [0.25, 0.3) is 0 Å². The molecule has 4 rings (SSSR count). The monoisotopic (exact) mass is 595 g/mol. The molecule has 1 saturated carbocycles. The average Bonchev–Trinajstić information content (AvgIpc) is 3.47. The van der Waals surface area contributed by atoms with Gasteiger partial charge in [-0.3, -0.25) is 13.9 Å². The highest BCUT2D eigenvalue weighted by molar-refractivity contribution is 7.92. The quantitative estimate of drug-likeness (QED) is 0.279. The van der Waals surface area contributed by atoms with Crippen molar-refractivity contribution in [1.82, 2.24) is 10.2 Å². The highest BCUT2D eigenvalue weighted by Gasteiger charge is 2.32. The zero-order valence-corrected chi connectivity index (χ0v) is 25.0. The van der Waals surface area contributed by atoms with E-state index < -0.39 is 16.1 Å². The third kappa shape index (κ3) is 9.07. The second-order valence-electron chi connectivity index (χ2n) is 10.6. The van der Waals surface area contributed by atoms with Crippen LogP contribution >= 0.6 is 11.6 Å². The van der Waals surface area contributed by atoms with E-state index in [-0.39, 0.29) is 37.4 Å². The minimum atomic E-state index is -3.54. The van der Waals surface area contributed by atoms with Gasteiger partial charge in [-0.15, -0.1) is 0 Å². The Balaban J connectivity index is 1.57. The molecule has 2 amide bonds. The van der Waals surface area contributed by atoms with E-state index in [1.54, 1.807) is 41.3 Å². The molecular formula is C32H38ClN3O4S. The number of hydrogen-bond donors (Lipinski definition) is 1. The Kier molecular flexibility index (Phi) is 10.8. The Morgan fingerprint density at radius 1 is 0.902 bits per heavy atom. The largest absolute Gasteiger partial charge is 0.352 e. The summed E-state index contributed by atoms with van der Waals surface area (Å²) >= 11 is 6.11. The maximum absolute atomic E-state index is 13.9. The molecule has 1 atom stereocenters. The first-order valence-corrected chi connectivity index (χ1v) is 16.3.